The van der Waals surface area contributed by atoms with Gasteiger partial charge in [-0.25, -0.2) is 10.4 Å². The van der Waals surface area contributed by atoms with Crippen LogP contribution in [0, 0.1) is 0 Å². The number of benzene rings is 1. The van der Waals surface area contributed by atoms with Gasteiger partial charge in [0.2, 0.25) is 5.91 Å². The molecular weight excluding hydrogens is 284 g/mol. The summed E-state index contributed by atoms with van der Waals surface area (Å²) in [5.41, 5.74) is 8.83. The Morgan fingerprint density at radius 1 is 1.32 bits per heavy atom. The molecule has 1 heterocycles. The minimum Gasteiger partial charge on any atom is -0.364 e. The molecule has 3 N–H and O–H groups in total. The van der Waals surface area contributed by atoms with E-state index in [2.05, 4.69) is 20.7 Å². The molecule has 0 saturated carbocycles. The van der Waals surface area contributed by atoms with Crippen LogP contribution in [0.3, 0.4) is 0 Å². The topological polar surface area (TPSA) is 115 Å². The number of nitrogens with two attached hydrogens (primary N) is 1. The van der Waals surface area contributed by atoms with E-state index in [1.54, 1.807) is 0 Å². The third-order valence-corrected chi connectivity index (χ3v) is 2.91. The van der Waals surface area contributed by atoms with Gasteiger partial charge >= 0.3 is 0 Å². The van der Waals surface area contributed by atoms with Crippen molar-refractivity contribution in [2.45, 2.75) is 13.3 Å². The molecule has 0 bridgehead atoms. The molecule has 22 heavy (non-hydrogen) atoms. The molecule has 0 aliphatic heterocycles. The Kier molecular flexibility index (Phi) is 4.97. The van der Waals surface area contributed by atoms with Crippen LogP contribution in [-0.4, -0.2) is 27.9 Å². The van der Waals surface area contributed by atoms with Gasteiger partial charge in [-0.3, -0.25) is 14.2 Å². The van der Waals surface area contributed by atoms with Crippen molar-refractivity contribution in [3.8, 4) is 0 Å². The van der Waals surface area contributed by atoms with E-state index in [4.69, 9.17) is 5.73 Å². The summed E-state index contributed by atoms with van der Waals surface area (Å²) in [6.45, 7) is 1.81. The molecule has 114 valence electrons. The van der Waals surface area contributed by atoms with Gasteiger partial charge in [0.1, 0.15) is 6.33 Å². The molecule has 2 aromatic rings. The van der Waals surface area contributed by atoms with Crippen LogP contribution in [0.1, 0.15) is 27.8 Å². The molecule has 1 amide bonds. The molecule has 0 unspecified atom stereocenters. The Balaban J connectivity index is 1.98. The van der Waals surface area contributed by atoms with Crippen molar-refractivity contribution >= 4 is 17.6 Å². The molecule has 1 aromatic heterocycles. The fraction of sp³-hybridized carbons (Fsp3) is 0.214. The van der Waals surface area contributed by atoms with Crippen LogP contribution in [0.5, 0.6) is 0 Å². The summed E-state index contributed by atoms with van der Waals surface area (Å²) in [5.74, 6) is -0.951. The largest absolute Gasteiger partial charge is 0.364 e. The Morgan fingerprint density at radius 3 is 2.68 bits per heavy atom. The van der Waals surface area contributed by atoms with Crippen molar-refractivity contribution in [2.24, 2.45) is 16.1 Å². The van der Waals surface area contributed by atoms with Gasteiger partial charge in [0.15, 0.2) is 11.5 Å². The number of nitrogens with one attached hydrogen (secondary N) is 1. The number of primary amides is 1. The highest BCUT2D eigenvalue weighted by atomic mass is 16.2. The number of rotatable bonds is 6. The quantitative estimate of drug-likeness (QED) is 0.623. The number of carbonyl (C=O) groups is 2. The van der Waals surface area contributed by atoms with Crippen LogP contribution in [0.2, 0.25) is 0 Å². The van der Waals surface area contributed by atoms with Gasteiger partial charge in [-0.05, 0) is 12.0 Å². The first kappa shape index (κ1) is 15.4. The summed E-state index contributed by atoms with van der Waals surface area (Å²) < 4.78 is 1.15. The zero-order chi connectivity index (χ0) is 15.9. The van der Waals surface area contributed by atoms with Gasteiger partial charge in [0.05, 0.1) is 6.54 Å². The fourth-order valence-corrected chi connectivity index (χ4v) is 1.83. The molecule has 1 aromatic carbocycles. The first-order valence-corrected chi connectivity index (χ1v) is 6.64. The molecule has 8 heteroatoms. The molecule has 0 atom stereocenters. The lowest BCUT2D eigenvalue weighted by Crippen LogP contribution is -2.15. The predicted octanol–water partition coefficient (Wildman–Crippen LogP) is 1.66. The molecule has 0 aliphatic carbocycles. The van der Waals surface area contributed by atoms with E-state index in [-0.39, 0.29) is 17.4 Å². The van der Waals surface area contributed by atoms with Crippen LogP contribution in [0.15, 0.2) is 47.0 Å². The Hall–Kier alpha value is -3.03. The van der Waals surface area contributed by atoms with Crippen LogP contribution in [0.25, 0.3) is 0 Å². The lowest BCUT2D eigenvalue weighted by atomic mass is 10.2. The van der Waals surface area contributed by atoms with Crippen molar-refractivity contribution < 1.29 is 9.59 Å². The molecule has 0 fully saturated rings. The van der Waals surface area contributed by atoms with Crippen LogP contribution >= 0.6 is 0 Å². The van der Waals surface area contributed by atoms with E-state index >= 15 is 0 Å². The van der Waals surface area contributed by atoms with Gasteiger partial charge in [0.25, 0.3) is 5.91 Å². The molecule has 0 aliphatic rings. The number of carbonyl (C=O) groups excluding carboxylic acids is 2. The van der Waals surface area contributed by atoms with Gasteiger partial charge in [-0.15, -0.1) is 0 Å². The highest BCUT2D eigenvalue weighted by Crippen LogP contribution is 2.14. The number of aromatic nitrogens is 2. The second kappa shape index (κ2) is 7.11. The Bertz CT molecular complexity index is 661. The Labute approximate surface area is 127 Å². The average Bonchev–Trinajstić information content (AvgIpc) is 2.92. The first-order valence-electron chi connectivity index (χ1n) is 6.64. The number of hydrogen-bond donors (Lipinski definition) is 2. The van der Waals surface area contributed by atoms with Gasteiger partial charge in [-0.2, -0.15) is 5.11 Å². The van der Waals surface area contributed by atoms with E-state index < -0.39 is 5.91 Å². The van der Waals surface area contributed by atoms with Crippen molar-refractivity contribution in [2.75, 3.05) is 12.0 Å². The minimum absolute atomic E-state index is 0.0581. The van der Waals surface area contributed by atoms with E-state index in [0.717, 1.165) is 16.6 Å². The smallest absolute Gasteiger partial charge is 0.271 e. The zero-order valence-corrected chi connectivity index (χ0v) is 12.1. The minimum atomic E-state index is -0.748. The van der Waals surface area contributed by atoms with E-state index in [1.165, 1.54) is 13.3 Å². The van der Waals surface area contributed by atoms with E-state index in [1.807, 2.05) is 30.3 Å². The maximum absolute atomic E-state index is 11.4. The van der Waals surface area contributed by atoms with Crippen LogP contribution < -0.4 is 11.2 Å². The summed E-state index contributed by atoms with van der Waals surface area (Å²) in [5, 5.41) is 7.72. The standard InChI is InChI=1S/C14H16N6O2/c1-10(21)20-9-16-12(13(15)22)14(20)18-19-17-8-7-11-5-3-2-4-6-11/h2-6,9H,7-8H2,1H3,(H2,15,22)(H,17,18). The molecule has 2 rings (SSSR count). The monoisotopic (exact) mass is 300 g/mol. The number of imidazole rings is 1. The van der Waals surface area contributed by atoms with Crippen molar-refractivity contribution in [3.63, 3.8) is 0 Å². The van der Waals surface area contributed by atoms with Crippen molar-refractivity contribution in [1.29, 1.82) is 0 Å². The number of nitrogens with zero attached hydrogens (tertiary/aromatic N) is 4. The van der Waals surface area contributed by atoms with Crippen LogP contribution in [-0.2, 0) is 6.42 Å². The predicted molar refractivity (Wildman–Crippen MR) is 80.5 cm³/mol. The molecular formula is C14H16N6O2. The number of amides is 1. The molecule has 8 nitrogen and oxygen atoms in total. The highest BCUT2D eigenvalue weighted by molar-refractivity contribution is 5.97. The lowest BCUT2D eigenvalue weighted by molar-refractivity contribution is 0.0938. The number of anilines is 1. The molecule has 0 spiro atoms. The summed E-state index contributed by atoms with van der Waals surface area (Å²) in [6, 6.07) is 9.85. The van der Waals surface area contributed by atoms with Gasteiger partial charge in [0, 0.05) is 6.92 Å². The van der Waals surface area contributed by atoms with E-state index in [0.29, 0.717) is 6.54 Å². The third kappa shape index (κ3) is 3.75. The van der Waals surface area contributed by atoms with E-state index in [9.17, 15) is 9.59 Å². The second-order valence-electron chi connectivity index (χ2n) is 4.51. The lowest BCUT2D eigenvalue weighted by Gasteiger charge is -2.03. The summed E-state index contributed by atoms with van der Waals surface area (Å²) in [6.07, 6.45) is 1.95. The van der Waals surface area contributed by atoms with Gasteiger partial charge < -0.3 is 5.73 Å². The maximum Gasteiger partial charge on any atom is 0.271 e. The molecule has 0 radical (unpaired) electrons. The average molecular weight is 300 g/mol. The zero-order valence-electron chi connectivity index (χ0n) is 12.1. The molecule has 0 saturated heterocycles. The highest BCUT2D eigenvalue weighted by Gasteiger charge is 2.17. The fourth-order valence-electron chi connectivity index (χ4n) is 1.83. The Morgan fingerprint density at radius 2 is 2.05 bits per heavy atom. The van der Waals surface area contributed by atoms with Crippen molar-refractivity contribution in [3.05, 3.63) is 47.9 Å². The summed E-state index contributed by atoms with van der Waals surface area (Å²) in [4.78, 5) is 26.5. The normalized spacial score (nSPS) is 10.8. The van der Waals surface area contributed by atoms with Crippen LogP contribution in [0.4, 0.5) is 5.82 Å². The number of hydrogen-bond acceptors (Lipinski definition) is 5. The van der Waals surface area contributed by atoms with Crippen molar-refractivity contribution in [1.82, 2.24) is 9.55 Å². The summed E-state index contributed by atoms with van der Waals surface area (Å²) >= 11 is 0. The second-order valence-corrected chi connectivity index (χ2v) is 4.51. The SMILES string of the molecule is CC(=O)n1cnc(C(N)=O)c1NN=NCCc1ccccc1. The first-order chi connectivity index (χ1) is 10.6. The third-order valence-electron chi connectivity index (χ3n) is 2.91. The maximum atomic E-state index is 11.4. The van der Waals surface area contributed by atoms with Gasteiger partial charge in [-0.1, -0.05) is 35.6 Å². The summed E-state index contributed by atoms with van der Waals surface area (Å²) in [7, 11) is 0.